The summed E-state index contributed by atoms with van der Waals surface area (Å²) in [6.45, 7) is 5.36. The Hall–Kier alpha value is 0.240. The van der Waals surface area contributed by atoms with E-state index < -0.39 is 0 Å². The summed E-state index contributed by atoms with van der Waals surface area (Å²) in [6, 6.07) is 0. The summed E-state index contributed by atoms with van der Waals surface area (Å²) in [5.74, 6) is 1.13. The SMILES string of the molecule is CCCCCCCCCCOC(=S)SCCCCCCCCCC. The molecule has 0 aliphatic rings. The molecule has 0 bridgehead atoms. The van der Waals surface area contributed by atoms with E-state index >= 15 is 0 Å². The lowest BCUT2D eigenvalue weighted by Gasteiger charge is -2.07. The van der Waals surface area contributed by atoms with Crippen LogP contribution in [0.1, 0.15) is 117 Å². The van der Waals surface area contributed by atoms with Crippen molar-refractivity contribution in [3.8, 4) is 0 Å². The first-order chi connectivity index (χ1) is 11.8. The Balaban J connectivity index is 3.13. The minimum absolute atomic E-state index is 0.765. The largest absolute Gasteiger partial charge is 0.479 e. The monoisotopic (exact) mass is 374 g/mol. The summed E-state index contributed by atoms with van der Waals surface area (Å²) < 4.78 is 6.42. The number of hydrogen-bond acceptors (Lipinski definition) is 3. The molecule has 0 saturated heterocycles. The second-order valence-electron chi connectivity index (χ2n) is 6.90. The smallest absolute Gasteiger partial charge is 0.219 e. The van der Waals surface area contributed by atoms with Crippen LogP contribution in [0.2, 0.25) is 0 Å². The van der Waals surface area contributed by atoms with Crippen LogP contribution >= 0.6 is 24.0 Å². The van der Waals surface area contributed by atoms with Crippen molar-refractivity contribution < 1.29 is 4.74 Å². The molecule has 3 heteroatoms. The number of hydrogen-bond donors (Lipinski definition) is 0. The quantitative estimate of drug-likeness (QED) is 0.176. The van der Waals surface area contributed by atoms with Crippen molar-refractivity contribution in [2.24, 2.45) is 0 Å². The van der Waals surface area contributed by atoms with E-state index in [9.17, 15) is 0 Å². The van der Waals surface area contributed by atoms with Crippen LogP contribution < -0.4 is 0 Å². The fraction of sp³-hybridized carbons (Fsp3) is 0.952. The van der Waals surface area contributed by atoms with Gasteiger partial charge < -0.3 is 4.74 Å². The number of unbranched alkanes of at least 4 members (excludes halogenated alkanes) is 14. The molecule has 24 heavy (non-hydrogen) atoms. The molecule has 0 aromatic carbocycles. The fourth-order valence-electron chi connectivity index (χ4n) is 2.82. The summed E-state index contributed by atoms with van der Waals surface area (Å²) >= 11 is 7.03. The second kappa shape index (κ2) is 21.3. The Kier molecular flexibility index (Phi) is 21.5. The van der Waals surface area contributed by atoms with Gasteiger partial charge in [-0.2, -0.15) is 0 Å². The Morgan fingerprint density at radius 3 is 1.54 bits per heavy atom. The lowest BCUT2D eigenvalue weighted by molar-refractivity contribution is 0.307. The predicted octanol–water partition coefficient (Wildman–Crippen LogP) is 8.30. The molecule has 0 fully saturated rings. The van der Waals surface area contributed by atoms with E-state index in [1.807, 2.05) is 0 Å². The molecular formula is C21H42OS2. The molecular weight excluding hydrogens is 332 g/mol. The molecule has 0 saturated carbocycles. The summed E-state index contributed by atoms with van der Waals surface area (Å²) in [5.41, 5.74) is 0. The average molecular weight is 375 g/mol. The van der Waals surface area contributed by atoms with Gasteiger partial charge in [-0.1, -0.05) is 116 Å². The van der Waals surface area contributed by atoms with E-state index in [4.69, 9.17) is 17.0 Å². The van der Waals surface area contributed by atoms with Crippen LogP contribution in [0.15, 0.2) is 0 Å². The number of ether oxygens (including phenoxy) is 1. The zero-order valence-electron chi connectivity index (χ0n) is 16.5. The van der Waals surface area contributed by atoms with Crippen LogP contribution in [0.4, 0.5) is 0 Å². The number of rotatable bonds is 18. The summed E-state index contributed by atoms with van der Waals surface area (Å²) in [7, 11) is 0. The van der Waals surface area contributed by atoms with Gasteiger partial charge in [-0.05, 0) is 25.1 Å². The molecule has 0 aromatic heterocycles. The van der Waals surface area contributed by atoms with Gasteiger partial charge in [0.05, 0.1) is 6.61 Å². The Bertz CT molecular complexity index is 232. The van der Waals surface area contributed by atoms with Crippen molar-refractivity contribution in [3.63, 3.8) is 0 Å². The third-order valence-corrected chi connectivity index (χ3v) is 5.75. The highest BCUT2D eigenvalue weighted by molar-refractivity contribution is 8.22. The molecule has 0 atom stereocenters. The zero-order chi connectivity index (χ0) is 17.7. The lowest BCUT2D eigenvalue weighted by atomic mass is 10.1. The van der Waals surface area contributed by atoms with E-state index in [0.29, 0.717) is 0 Å². The molecule has 0 heterocycles. The van der Waals surface area contributed by atoms with Crippen molar-refractivity contribution >= 4 is 28.4 Å². The number of thioether (sulfide) groups is 1. The van der Waals surface area contributed by atoms with Crippen LogP contribution in [0.3, 0.4) is 0 Å². The highest BCUT2D eigenvalue weighted by Crippen LogP contribution is 2.14. The fourth-order valence-corrected chi connectivity index (χ4v) is 3.84. The van der Waals surface area contributed by atoms with Crippen molar-refractivity contribution in [3.05, 3.63) is 0 Å². The van der Waals surface area contributed by atoms with Crippen LogP contribution in [-0.4, -0.2) is 16.7 Å². The Labute approximate surface area is 162 Å². The van der Waals surface area contributed by atoms with Gasteiger partial charge in [0.1, 0.15) is 0 Å². The first kappa shape index (κ1) is 24.2. The summed E-state index contributed by atoms with van der Waals surface area (Å²) in [5, 5.41) is 0. The maximum Gasteiger partial charge on any atom is 0.219 e. The van der Waals surface area contributed by atoms with Gasteiger partial charge in [-0.25, -0.2) is 0 Å². The van der Waals surface area contributed by atoms with E-state index in [0.717, 1.165) is 23.2 Å². The van der Waals surface area contributed by atoms with Crippen LogP contribution in [-0.2, 0) is 4.74 Å². The van der Waals surface area contributed by atoms with Crippen molar-refractivity contribution in [1.82, 2.24) is 0 Å². The highest BCUT2D eigenvalue weighted by Gasteiger charge is 1.99. The molecule has 0 unspecified atom stereocenters. The van der Waals surface area contributed by atoms with Crippen molar-refractivity contribution in [2.45, 2.75) is 117 Å². The maximum absolute atomic E-state index is 5.65. The normalized spacial score (nSPS) is 10.9. The molecule has 0 N–H and O–H groups in total. The van der Waals surface area contributed by atoms with Gasteiger partial charge in [-0.15, -0.1) is 0 Å². The van der Waals surface area contributed by atoms with Gasteiger partial charge in [0.2, 0.25) is 4.38 Å². The molecule has 144 valence electrons. The predicted molar refractivity (Wildman–Crippen MR) is 116 cm³/mol. The molecule has 0 aliphatic heterocycles. The lowest BCUT2D eigenvalue weighted by Crippen LogP contribution is -2.00. The molecule has 1 nitrogen and oxygen atoms in total. The molecule has 0 amide bonds. The molecule has 0 spiro atoms. The summed E-state index contributed by atoms with van der Waals surface area (Å²) in [4.78, 5) is 0. The standard InChI is InChI=1S/C21H42OS2/c1-3-5-7-9-11-13-15-17-19-22-21(23)24-20-18-16-14-12-10-8-6-4-2/h3-20H2,1-2H3. The van der Waals surface area contributed by atoms with Crippen LogP contribution in [0, 0.1) is 0 Å². The van der Waals surface area contributed by atoms with Crippen molar-refractivity contribution in [2.75, 3.05) is 12.4 Å². The van der Waals surface area contributed by atoms with E-state index in [-0.39, 0.29) is 0 Å². The van der Waals surface area contributed by atoms with Gasteiger partial charge in [0, 0.05) is 5.75 Å². The van der Waals surface area contributed by atoms with Gasteiger partial charge >= 0.3 is 0 Å². The highest BCUT2D eigenvalue weighted by atomic mass is 32.2. The van der Waals surface area contributed by atoms with Crippen molar-refractivity contribution in [1.29, 1.82) is 0 Å². The molecule has 0 aliphatic carbocycles. The van der Waals surface area contributed by atoms with Gasteiger partial charge in [0.15, 0.2) is 0 Å². The first-order valence-corrected chi connectivity index (χ1v) is 12.0. The zero-order valence-corrected chi connectivity index (χ0v) is 18.1. The van der Waals surface area contributed by atoms with Gasteiger partial charge in [0.25, 0.3) is 0 Å². The maximum atomic E-state index is 5.65. The topological polar surface area (TPSA) is 9.23 Å². The Morgan fingerprint density at radius 2 is 1.04 bits per heavy atom. The average Bonchev–Trinajstić information content (AvgIpc) is 2.59. The van der Waals surface area contributed by atoms with Crippen LogP contribution in [0.5, 0.6) is 0 Å². The minimum Gasteiger partial charge on any atom is -0.479 e. The minimum atomic E-state index is 0.765. The first-order valence-electron chi connectivity index (χ1n) is 10.6. The van der Waals surface area contributed by atoms with E-state index in [1.165, 1.54) is 96.3 Å². The van der Waals surface area contributed by atoms with E-state index in [2.05, 4.69) is 13.8 Å². The second-order valence-corrected chi connectivity index (χ2v) is 8.59. The molecule has 0 aromatic rings. The van der Waals surface area contributed by atoms with Gasteiger partial charge in [-0.3, -0.25) is 0 Å². The third kappa shape index (κ3) is 20.3. The van der Waals surface area contributed by atoms with Crippen LogP contribution in [0.25, 0.3) is 0 Å². The Morgan fingerprint density at radius 1 is 0.625 bits per heavy atom. The molecule has 0 rings (SSSR count). The van der Waals surface area contributed by atoms with E-state index in [1.54, 1.807) is 11.8 Å². The summed E-state index contributed by atoms with van der Waals surface area (Å²) in [6.07, 6.45) is 21.7. The molecule has 0 radical (unpaired) electrons. The number of thiocarbonyl (C=S) groups is 1. The third-order valence-electron chi connectivity index (χ3n) is 4.44.